The SMILES string of the molecule is O=C(NCc1ccccc1)c1ccc(/C=C2\SC(=S)N(c3ccc(C(F)(F)F)cc3)C2=O)cc1. The van der Waals surface area contributed by atoms with E-state index in [0.717, 1.165) is 29.5 Å². The normalized spacial score (nSPS) is 15.1. The van der Waals surface area contributed by atoms with E-state index in [1.54, 1.807) is 30.3 Å². The minimum atomic E-state index is -4.46. The van der Waals surface area contributed by atoms with Crippen molar-refractivity contribution in [3.8, 4) is 0 Å². The van der Waals surface area contributed by atoms with Gasteiger partial charge in [-0.15, -0.1) is 0 Å². The lowest BCUT2D eigenvalue weighted by atomic mass is 10.1. The van der Waals surface area contributed by atoms with E-state index in [2.05, 4.69) is 5.32 Å². The fourth-order valence-corrected chi connectivity index (χ4v) is 4.55. The zero-order valence-electron chi connectivity index (χ0n) is 17.5. The van der Waals surface area contributed by atoms with Gasteiger partial charge in [-0.25, -0.2) is 0 Å². The van der Waals surface area contributed by atoms with E-state index in [1.165, 1.54) is 17.0 Å². The zero-order valence-corrected chi connectivity index (χ0v) is 19.1. The molecule has 3 aromatic carbocycles. The maximum atomic E-state index is 12.9. The van der Waals surface area contributed by atoms with E-state index < -0.39 is 17.6 Å². The van der Waals surface area contributed by atoms with Gasteiger partial charge in [-0.2, -0.15) is 13.2 Å². The first-order valence-corrected chi connectivity index (χ1v) is 11.3. The molecule has 1 N–H and O–H groups in total. The van der Waals surface area contributed by atoms with Crippen LogP contribution < -0.4 is 10.2 Å². The third-order valence-electron chi connectivity index (χ3n) is 5.01. The number of hydrogen-bond donors (Lipinski definition) is 1. The quantitative estimate of drug-likeness (QED) is 0.344. The molecule has 0 saturated carbocycles. The number of carbonyl (C=O) groups excluding carboxylic acids is 2. The number of nitrogens with zero attached hydrogens (tertiary/aromatic N) is 1. The molecule has 0 aliphatic carbocycles. The van der Waals surface area contributed by atoms with E-state index in [4.69, 9.17) is 12.2 Å². The maximum absolute atomic E-state index is 12.9. The van der Waals surface area contributed by atoms with Crippen molar-refractivity contribution in [2.45, 2.75) is 12.7 Å². The van der Waals surface area contributed by atoms with Gasteiger partial charge in [0.2, 0.25) is 0 Å². The lowest BCUT2D eigenvalue weighted by Crippen LogP contribution is -2.27. The summed E-state index contributed by atoms with van der Waals surface area (Å²) in [7, 11) is 0. The largest absolute Gasteiger partial charge is 0.416 e. The molecule has 9 heteroatoms. The number of carbonyl (C=O) groups is 2. The molecule has 1 saturated heterocycles. The summed E-state index contributed by atoms with van der Waals surface area (Å²) in [6, 6.07) is 20.6. The highest BCUT2D eigenvalue weighted by atomic mass is 32.2. The van der Waals surface area contributed by atoms with Crippen LogP contribution in [-0.2, 0) is 17.5 Å². The molecule has 0 aromatic heterocycles. The molecule has 0 unspecified atom stereocenters. The number of halogens is 3. The molecule has 4 rings (SSSR count). The van der Waals surface area contributed by atoms with Crippen molar-refractivity contribution in [3.63, 3.8) is 0 Å². The fraction of sp³-hybridized carbons (Fsp3) is 0.0800. The van der Waals surface area contributed by atoms with Gasteiger partial charge in [0.05, 0.1) is 16.2 Å². The first-order valence-electron chi connectivity index (χ1n) is 10.1. The van der Waals surface area contributed by atoms with Gasteiger partial charge < -0.3 is 5.32 Å². The summed E-state index contributed by atoms with van der Waals surface area (Å²) >= 11 is 6.34. The van der Waals surface area contributed by atoms with Crippen LogP contribution in [0.15, 0.2) is 83.8 Å². The van der Waals surface area contributed by atoms with Gasteiger partial charge in [0.15, 0.2) is 4.32 Å². The summed E-state index contributed by atoms with van der Waals surface area (Å²) < 4.78 is 38.7. The third-order valence-corrected chi connectivity index (χ3v) is 6.32. The molecule has 1 aliphatic rings. The molecule has 0 bridgehead atoms. The maximum Gasteiger partial charge on any atom is 0.416 e. The van der Waals surface area contributed by atoms with Crippen LogP contribution in [0.5, 0.6) is 0 Å². The molecule has 2 amide bonds. The second kappa shape index (κ2) is 9.82. The lowest BCUT2D eigenvalue weighted by molar-refractivity contribution is -0.137. The molecule has 0 atom stereocenters. The first kappa shape index (κ1) is 23.7. The van der Waals surface area contributed by atoms with Crippen LogP contribution in [0.25, 0.3) is 6.08 Å². The molecule has 0 spiro atoms. The average Bonchev–Trinajstić information content (AvgIpc) is 3.10. The van der Waals surface area contributed by atoms with Crippen molar-refractivity contribution in [1.29, 1.82) is 0 Å². The van der Waals surface area contributed by atoms with Crippen LogP contribution in [-0.4, -0.2) is 16.1 Å². The smallest absolute Gasteiger partial charge is 0.348 e. The summed E-state index contributed by atoms with van der Waals surface area (Å²) in [5, 5.41) is 2.85. The van der Waals surface area contributed by atoms with E-state index >= 15 is 0 Å². The minimum Gasteiger partial charge on any atom is -0.348 e. The molecular weight excluding hydrogens is 481 g/mol. The Morgan fingerprint density at radius 2 is 1.62 bits per heavy atom. The first-order chi connectivity index (χ1) is 16.2. The zero-order chi connectivity index (χ0) is 24.3. The van der Waals surface area contributed by atoms with Gasteiger partial charge in [0, 0.05) is 12.1 Å². The van der Waals surface area contributed by atoms with Crippen LogP contribution in [0.4, 0.5) is 18.9 Å². The number of alkyl halides is 3. The highest BCUT2D eigenvalue weighted by Gasteiger charge is 2.35. The third kappa shape index (κ3) is 5.37. The Hall–Kier alpha value is -3.43. The van der Waals surface area contributed by atoms with Crippen molar-refractivity contribution in [1.82, 2.24) is 5.32 Å². The molecular formula is C25H17F3N2O2S2. The standard InChI is InChI=1S/C25H17F3N2O2S2/c26-25(27,28)19-10-12-20(13-11-19)30-23(32)21(34-24(30)33)14-16-6-8-18(9-7-16)22(31)29-15-17-4-2-1-3-5-17/h1-14H,15H2,(H,29,31)/b21-14-. The van der Waals surface area contributed by atoms with Gasteiger partial charge in [0.1, 0.15) is 0 Å². The fourth-order valence-electron chi connectivity index (χ4n) is 3.25. The molecule has 1 fully saturated rings. The Labute approximate surface area is 203 Å². The van der Waals surface area contributed by atoms with Crippen LogP contribution >= 0.6 is 24.0 Å². The van der Waals surface area contributed by atoms with Gasteiger partial charge in [-0.3, -0.25) is 14.5 Å². The summed E-state index contributed by atoms with van der Waals surface area (Å²) in [6.45, 7) is 0.411. The van der Waals surface area contributed by atoms with Crippen molar-refractivity contribution >= 4 is 51.9 Å². The number of thiocarbonyl (C=S) groups is 1. The number of benzene rings is 3. The monoisotopic (exact) mass is 498 g/mol. The average molecular weight is 499 g/mol. The van der Waals surface area contributed by atoms with Gasteiger partial charge in [0.25, 0.3) is 11.8 Å². The Bertz CT molecular complexity index is 1260. The van der Waals surface area contributed by atoms with Gasteiger partial charge >= 0.3 is 6.18 Å². The Kier molecular flexibility index (Phi) is 6.85. The van der Waals surface area contributed by atoms with Crippen molar-refractivity contribution in [3.05, 3.63) is 106 Å². The number of rotatable bonds is 5. The van der Waals surface area contributed by atoms with Crippen LogP contribution in [0.3, 0.4) is 0 Å². The van der Waals surface area contributed by atoms with Crippen LogP contribution in [0, 0.1) is 0 Å². The molecule has 34 heavy (non-hydrogen) atoms. The van der Waals surface area contributed by atoms with E-state index in [-0.39, 0.29) is 15.9 Å². The van der Waals surface area contributed by atoms with E-state index in [9.17, 15) is 22.8 Å². The van der Waals surface area contributed by atoms with E-state index in [0.29, 0.717) is 22.6 Å². The number of hydrogen-bond acceptors (Lipinski definition) is 4. The lowest BCUT2D eigenvalue weighted by Gasteiger charge is -2.15. The molecule has 1 heterocycles. The Balaban J connectivity index is 1.44. The van der Waals surface area contributed by atoms with Crippen molar-refractivity contribution in [2.24, 2.45) is 0 Å². The molecule has 3 aromatic rings. The minimum absolute atomic E-state index is 0.218. The van der Waals surface area contributed by atoms with E-state index in [1.807, 2.05) is 30.3 Å². The van der Waals surface area contributed by atoms with Crippen LogP contribution in [0.1, 0.15) is 27.0 Å². The number of anilines is 1. The predicted molar refractivity (Wildman–Crippen MR) is 131 cm³/mol. The second-order valence-electron chi connectivity index (χ2n) is 7.35. The number of nitrogens with one attached hydrogen (secondary N) is 1. The number of amides is 2. The summed E-state index contributed by atoms with van der Waals surface area (Å²) in [6.07, 6.45) is -2.83. The highest BCUT2D eigenvalue weighted by Crippen LogP contribution is 2.37. The topological polar surface area (TPSA) is 49.4 Å². The summed E-state index contributed by atoms with van der Waals surface area (Å²) in [4.78, 5) is 26.8. The summed E-state index contributed by atoms with van der Waals surface area (Å²) in [5.41, 5.74) is 1.62. The second-order valence-corrected chi connectivity index (χ2v) is 9.03. The molecule has 1 aliphatic heterocycles. The Morgan fingerprint density at radius 3 is 2.24 bits per heavy atom. The molecule has 172 valence electrons. The van der Waals surface area contributed by atoms with Gasteiger partial charge in [-0.05, 0) is 53.6 Å². The Morgan fingerprint density at radius 1 is 0.971 bits per heavy atom. The predicted octanol–water partition coefficient (Wildman–Crippen LogP) is 6.04. The summed E-state index contributed by atoms with van der Waals surface area (Å²) in [5.74, 6) is -0.636. The van der Waals surface area contributed by atoms with Crippen molar-refractivity contribution < 1.29 is 22.8 Å². The van der Waals surface area contributed by atoms with Crippen molar-refractivity contribution in [2.75, 3.05) is 4.90 Å². The highest BCUT2D eigenvalue weighted by molar-refractivity contribution is 8.27. The molecule has 4 nitrogen and oxygen atoms in total. The van der Waals surface area contributed by atoms with Crippen LogP contribution in [0.2, 0.25) is 0 Å². The molecule has 0 radical (unpaired) electrons. The van der Waals surface area contributed by atoms with Gasteiger partial charge in [-0.1, -0.05) is 66.4 Å². The number of thioether (sulfide) groups is 1.